The number of amides is 1. The molecule has 0 saturated heterocycles. The Labute approximate surface area is 153 Å². The number of pyridine rings is 1. The van der Waals surface area contributed by atoms with Gasteiger partial charge in [-0.05, 0) is 65.5 Å². The first-order chi connectivity index (χ1) is 11.7. The highest BCUT2D eigenvalue weighted by atomic mass is 32.2. The lowest BCUT2D eigenvalue weighted by molar-refractivity contribution is 0.0466. The average Bonchev–Trinajstić information content (AvgIpc) is 3.18. The van der Waals surface area contributed by atoms with E-state index in [2.05, 4.69) is 20.8 Å². The van der Waals surface area contributed by atoms with Crippen molar-refractivity contribution in [3.63, 3.8) is 0 Å². The maximum absolute atomic E-state index is 12.2. The molecule has 1 N–H and O–H groups in total. The Morgan fingerprint density at radius 2 is 2.08 bits per heavy atom. The molecule has 0 unspecified atom stereocenters. The van der Waals surface area contributed by atoms with E-state index in [1.807, 2.05) is 64.8 Å². The fourth-order valence-electron chi connectivity index (χ4n) is 2.69. The molecule has 1 aliphatic rings. The summed E-state index contributed by atoms with van der Waals surface area (Å²) in [6, 6.07) is 4.18. The van der Waals surface area contributed by atoms with Gasteiger partial charge in [-0.3, -0.25) is 0 Å². The minimum Gasteiger partial charge on any atom is -0.444 e. The second-order valence-electron chi connectivity index (χ2n) is 8.22. The van der Waals surface area contributed by atoms with Gasteiger partial charge in [0, 0.05) is 16.8 Å². The first-order valence-electron chi connectivity index (χ1n) is 8.76. The molecule has 0 aromatic carbocycles. The van der Waals surface area contributed by atoms with E-state index in [1.54, 1.807) is 0 Å². The van der Waals surface area contributed by atoms with Gasteiger partial charge in [-0.1, -0.05) is 0 Å². The maximum Gasteiger partial charge on any atom is 0.408 e. The number of nitrogens with zero attached hydrogens (tertiary/aromatic N) is 2. The lowest BCUT2D eigenvalue weighted by Gasteiger charge is -2.27. The summed E-state index contributed by atoms with van der Waals surface area (Å²) in [6.45, 7) is 9.45. The number of thioether (sulfide) groups is 1. The molecule has 5 nitrogen and oxygen atoms in total. The van der Waals surface area contributed by atoms with Crippen molar-refractivity contribution >= 4 is 23.4 Å². The highest BCUT2D eigenvalue weighted by Crippen LogP contribution is 2.36. The molecule has 0 atom stereocenters. The van der Waals surface area contributed by atoms with E-state index < -0.39 is 17.2 Å². The minimum absolute atomic E-state index is 0.437. The quantitative estimate of drug-likeness (QED) is 0.791. The van der Waals surface area contributed by atoms with Gasteiger partial charge in [0.05, 0.1) is 17.3 Å². The number of fused-ring (bicyclic) bond motifs is 1. The van der Waals surface area contributed by atoms with Crippen molar-refractivity contribution in [3.8, 4) is 0 Å². The molecule has 0 aliphatic heterocycles. The highest BCUT2D eigenvalue weighted by Gasteiger charge is 2.30. The van der Waals surface area contributed by atoms with Crippen molar-refractivity contribution in [2.24, 2.45) is 5.92 Å². The second-order valence-corrected chi connectivity index (χ2v) is 9.28. The monoisotopic (exact) mass is 361 g/mol. The van der Waals surface area contributed by atoms with Crippen LogP contribution in [0.4, 0.5) is 4.79 Å². The van der Waals surface area contributed by atoms with E-state index in [9.17, 15) is 4.79 Å². The predicted octanol–water partition coefficient (Wildman–Crippen LogP) is 4.60. The summed E-state index contributed by atoms with van der Waals surface area (Å²) in [5.41, 5.74) is -0.0853. The van der Waals surface area contributed by atoms with Gasteiger partial charge in [0.15, 0.2) is 0 Å². The van der Waals surface area contributed by atoms with Gasteiger partial charge in [-0.25, -0.2) is 9.78 Å². The van der Waals surface area contributed by atoms with Crippen molar-refractivity contribution < 1.29 is 9.53 Å². The number of hydrogen-bond donors (Lipinski definition) is 1. The molecule has 0 radical (unpaired) electrons. The minimum atomic E-state index is -0.644. The smallest absolute Gasteiger partial charge is 0.408 e. The second kappa shape index (κ2) is 6.56. The van der Waals surface area contributed by atoms with Crippen LogP contribution < -0.4 is 5.32 Å². The zero-order valence-electron chi connectivity index (χ0n) is 15.6. The van der Waals surface area contributed by atoms with Gasteiger partial charge in [-0.15, -0.1) is 11.8 Å². The van der Waals surface area contributed by atoms with Gasteiger partial charge >= 0.3 is 6.09 Å². The van der Waals surface area contributed by atoms with E-state index in [1.165, 1.54) is 23.5 Å². The molecule has 0 bridgehead atoms. The van der Waals surface area contributed by atoms with Crippen molar-refractivity contribution in [2.75, 3.05) is 5.75 Å². The van der Waals surface area contributed by atoms with Crippen LogP contribution >= 0.6 is 11.8 Å². The van der Waals surface area contributed by atoms with Crippen LogP contribution in [0, 0.1) is 5.92 Å². The zero-order chi connectivity index (χ0) is 18.2. The fraction of sp³-hybridized carbons (Fsp3) is 0.579. The third-order valence-corrected chi connectivity index (χ3v) is 5.37. The van der Waals surface area contributed by atoms with E-state index in [0.29, 0.717) is 0 Å². The Morgan fingerprint density at radius 1 is 1.36 bits per heavy atom. The van der Waals surface area contributed by atoms with E-state index in [4.69, 9.17) is 4.74 Å². The number of rotatable bonds is 5. The van der Waals surface area contributed by atoms with Crippen LogP contribution in [0.3, 0.4) is 0 Å². The number of hydrogen-bond acceptors (Lipinski definition) is 4. The summed E-state index contributed by atoms with van der Waals surface area (Å²) < 4.78 is 7.45. The van der Waals surface area contributed by atoms with Gasteiger partial charge in [-0.2, -0.15) is 0 Å². The number of aromatic nitrogens is 2. The molecule has 136 valence electrons. The van der Waals surface area contributed by atoms with E-state index in [0.717, 1.165) is 17.3 Å². The molecule has 1 amide bonds. The third kappa shape index (κ3) is 4.48. The SMILES string of the molecule is CC(C)(C)OC(=O)NC(C)(C)c1ncc2c(SCC3CC3)cccn12. The van der Waals surface area contributed by atoms with Crippen LogP contribution in [-0.4, -0.2) is 26.8 Å². The fourth-order valence-corrected chi connectivity index (χ4v) is 3.91. The molecule has 1 saturated carbocycles. The summed E-state index contributed by atoms with van der Waals surface area (Å²) in [4.78, 5) is 18.0. The Balaban J connectivity index is 1.82. The zero-order valence-corrected chi connectivity index (χ0v) is 16.4. The van der Waals surface area contributed by atoms with Crippen molar-refractivity contribution in [3.05, 3.63) is 30.4 Å². The van der Waals surface area contributed by atoms with Crippen LogP contribution in [0.2, 0.25) is 0 Å². The number of alkyl carbamates (subject to hydrolysis) is 1. The molecule has 25 heavy (non-hydrogen) atoms. The largest absolute Gasteiger partial charge is 0.444 e. The number of imidazole rings is 1. The lowest BCUT2D eigenvalue weighted by Crippen LogP contribution is -2.44. The Kier molecular flexibility index (Phi) is 4.75. The summed E-state index contributed by atoms with van der Waals surface area (Å²) in [6.07, 6.45) is 6.16. The van der Waals surface area contributed by atoms with Crippen molar-refractivity contribution in [1.82, 2.24) is 14.7 Å². The van der Waals surface area contributed by atoms with Crippen molar-refractivity contribution in [2.45, 2.75) is 63.5 Å². The number of ether oxygens (including phenoxy) is 1. The highest BCUT2D eigenvalue weighted by molar-refractivity contribution is 7.99. The molecular weight excluding hydrogens is 334 g/mol. The molecule has 0 spiro atoms. The van der Waals surface area contributed by atoms with E-state index >= 15 is 0 Å². The Morgan fingerprint density at radius 3 is 2.72 bits per heavy atom. The Bertz CT molecular complexity index is 773. The molecule has 1 fully saturated rings. The molecule has 1 aliphatic carbocycles. The molecule has 3 rings (SSSR count). The van der Waals surface area contributed by atoms with Crippen LogP contribution in [0.25, 0.3) is 5.52 Å². The Hall–Kier alpha value is -1.69. The maximum atomic E-state index is 12.2. The number of carbonyl (C=O) groups is 1. The molecule has 2 aromatic rings. The average molecular weight is 362 g/mol. The van der Waals surface area contributed by atoms with Gasteiger partial charge in [0.1, 0.15) is 11.4 Å². The molecular formula is C19H27N3O2S. The van der Waals surface area contributed by atoms with Crippen LogP contribution in [0.15, 0.2) is 29.4 Å². The normalized spacial score (nSPS) is 15.4. The molecule has 2 heterocycles. The van der Waals surface area contributed by atoms with Gasteiger partial charge in [0.25, 0.3) is 0 Å². The third-order valence-electron chi connectivity index (χ3n) is 4.08. The summed E-state index contributed by atoms with van der Waals surface area (Å²) in [5, 5.41) is 2.94. The van der Waals surface area contributed by atoms with Crippen LogP contribution in [0.5, 0.6) is 0 Å². The van der Waals surface area contributed by atoms with Gasteiger partial charge < -0.3 is 14.5 Å². The number of carbonyl (C=O) groups excluding carboxylic acids is 1. The molecule has 2 aromatic heterocycles. The lowest BCUT2D eigenvalue weighted by atomic mass is 10.1. The summed E-state index contributed by atoms with van der Waals surface area (Å²) >= 11 is 1.89. The first-order valence-corrected chi connectivity index (χ1v) is 9.75. The summed E-state index contributed by atoms with van der Waals surface area (Å²) in [5.74, 6) is 2.83. The summed E-state index contributed by atoms with van der Waals surface area (Å²) in [7, 11) is 0. The van der Waals surface area contributed by atoms with Crippen LogP contribution in [-0.2, 0) is 10.3 Å². The van der Waals surface area contributed by atoms with E-state index in [-0.39, 0.29) is 0 Å². The number of nitrogens with one attached hydrogen (secondary N) is 1. The standard InChI is InChI=1S/C19H27N3O2S/c1-18(2,3)24-17(23)21-19(4,5)16-20-11-14-15(7-6-10-22(14)16)25-12-13-8-9-13/h6-7,10-11,13H,8-9,12H2,1-5H3,(H,21,23). The van der Waals surface area contributed by atoms with Gasteiger partial charge in [0.2, 0.25) is 0 Å². The van der Waals surface area contributed by atoms with Crippen molar-refractivity contribution in [1.29, 1.82) is 0 Å². The predicted molar refractivity (Wildman–Crippen MR) is 101 cm³/mol. The topological polar surface area (TPSA) is 55.6 Å². The van der Waals surface area contributed by atoms with Crippen LogP contribution in [0.1, 0.15) is 53.3 Å². The first kappa shape index (κ1) is 18.1. The molecule has 6 heteroatoms.